The van der Waals surface area contributed by atoms with Gasteiger partial charge in [0.1, 0.15) is 0 Å². The fourth-order valence-electron chi connectivity index (χ4n) is 4.84. The van der Waals surface area contributed by atoms with Crippen LogP contribution < -0.4 is 10.6 Å². The maximum atomic E-state index is 12.4. The number of ketones is 1. The normalized spacial score (nSPS) is 27.0. The molecule has 2 aliphatic rings. The lowest BCUT2D eigenvalue weighted by atomic mass is 9.62. The number of carbonyl (C=O) groups excluding carboxylic acids is 3. The molecule has 1 heterocycles. The number of benzene rings is 1. The highest BCUT2D eigenvalue weighted by atomic mass is 35.5. The second-order valence-electron chi connectivity index (χ2n) is 9.52. The van der Waals surface area contributed by atoms with Gasteiger partial charge in [0.25, 0.3) is 0 Å². The van der Waals surface area contributed by atoms with Gasteiger partial charge in [0, 0.05) is 41.9 Å². The van der Waals surface area contributed by atoms with Crippen molar-refractivity contribution in [1.82, 2.24) is 10.6 Å². The Morgan fingerprint density at radius 1 is 1.14 bits per heavy atom. The minimum absolute atomic E-state index is 0.0494. The average molecular weight is 419 g/mol. The summed E-state index contributed by atoms with van der Waals surface area (Å²) in [6.07, 6.45) is 3.62. The number of carbonyl (C=O) groups is 3. The Morgan fingerprint density at radius 2 is 1.83 bits per heavy atom. The van der Waals surface area contributed by atoms with Gasteiger partial charge in [0.05, 0.1) is 0 Å². The van der Waals surface area contributed by atoms with Gasteiger partial charge in [-0.2, -0.15) is 0 Å². The largest absolute Gasteiger partial charge is 0.353 e. The summed E-state index contributed by atoms with van der Waals surface area (Å²) in [7, 11) is 0. The Balaban J connectivity index is 1.50. The van der Waals surface area contributed by atoms with Crippen LogP contribution in [0.4, 0.5) is 0 Å². The fraction of sp³-hybridized carbons (Fsp3) is 0.609. The zero-order valence-corrected chi connectivity index (χ0v) is 18.2. The van der Waals surface area contributed by atoms with E-state index in [0.29, 0.717) is 28.8 Å². The first kappa shape index (κ1) is 21.8. The van der Waals surface area contributed by atoms with Gasteiger partial charge in [-0.1, -0.05) is 32.4 Å². The summed E-state index contributed by atoms with van der Waals surface area (Å²) in [5.74, 6) is 0.785. The van der Waals surface area contributed by atoms with Crippen LogP contribution >= 0.6 is 11.6 Å². The summed E-state index contributed by atoms with van der Waals surface area (Å²) in [5.41, 5.74) is 0.666. The summed E-state index contributed by atoms with van der Waals surface area (Å²) < 4.78 is 0. The van der Waals surface area contributed by atoms with E-state index in [1.165, 1.54) is 0 Å². The minimum Gasteiger partial charge on any atom is -0.353 e. The summed E-state index contributed by atoms with van der Waals surface area (Å²) in [6.45, 7) is 6.62. The van der Waals surface area contributed by atoms with Gasteiger partial charge in [-0.05, 0) is 60.8 Å². The van der Waals surface area contributed by atoms with E-state index in [-0.39, 0.29) is 47.9 Å². The molecule has 1 aliphatic carbocycles. The number of amides is 2. The molecular formula is C23H31ClN2O3. The van der Waals surface area contributed by atoms with Crippen LogP contribution in [0.25, 0.3) is 0 Å². The highest BCUT2D eigenvalue weighted by Crippen LogP contribution is 2.44. The molecule has 2 amide bonds. The van der Waals surface area contributed by atoms with E-state index in [9.17, 15) is 14.4 Å². The molecule has 6 heteroatoms. The molecule has 3 rings (SSSR count). The predicted octanol–water partition coefficient (Wildman–Crippen LogP) is 4.14. The Labute approximate surface area is 178 Å². The number of halogens is 1. The lowest BCUT2D eigenvalue weighted by Crippen LogP contribution is -2.57. The Morgan fingerprint density at radius 3 is 2.48 bits per heavy atom. The first-order valence-electron chi connectivity index (χ1n) is 10.5. The molecule has 0 radical (unpaired) electrons. The molecule has 1 aliphatic heterocycles. The summed E-state index contributed by atoms with van der Waals surface area (Å²) >= 11 is 5.84. The molecule has 0 spiro atoms. The van der Waals surface area contributed by atoms with E-state index in [1.807, 2.05) is 0 Å². The van der Waals surface area contributed by atoms with Crippen molar-refractivity contribution in [2.75, 3.05) is 0 Å². The van der Waals surface area contributed by atoms with Crippen molar-refractivity contribution in [3.63, 3.8) is 0 Å². The maximum Gasteiger partial charge on any atom is 0.220 e. The smallest absolute Gasteiger partial charge is 0.220 e. The number of nitrogens with one attached hydrogen (secondary N) is 2. The Hall–Kier alpha value is -1.88. The second kappa shape index (κ2) is 8.86. The molecule has 29 heavy (non-hydrogen) atoms. The van der Waals surface area contributed by atoms with Gasteiger partial charge in [-0.25, -0.2) is 0 Å². The van der Waals surface area contributed by atoms with Crippen LogP contribution in [0, 0.1) is 17.3 Å². The first-order chi connectivity index (χ1) is 13.6. The molecule has 4 unspecified atom stereocenters. The molecule has 158 valence electrons. The predicted molar refractivity (Wildman–Crippen MR) is 114 cm³/mol. The van der Waals surface area contributed by atoms with Gasteiger partial charge in [-0.15, -0.1) is 0 Å². The number of hydrogen-bond donors (Lipinski definition) is 2. The molecule has 1 saturated carbocycles. The van der Waals surface area contributed by atoms with Crippen LogP contribution in [0.5, 0.6) is 0 Å². The first-order valence-corrected chi connectivity index (χ1v) is 10.9. The molecule has 2 fully saturated rings. The maximum absolute atomic E-state index is 12.4. The highest BCUT2D eigenvalue weighted by Gasteiger charge is 2.45. The summed E-state index contributed by atoms with van der Waals surface area (Å²) in [4.78, 5) is 36.8. The molecule has 5 nitrogen and oxygen atoms in total. The van der Waals surface area contributed by atoms with E-state index in [4.69, 9.17) is 11.6 Å². The summed E-state index contributed by atoms with van der Waals surface area (Å²) in [5, 5.41) is 6.80. The minimum atomic E-state index is -0.106. The van der Waals surface area contributed by atoms with E-state index in [1.54, 1.807) is 24.3 Å². The van der Waals surface area contributed by atoms with E-state index in [0.717, 1.165) is 19.3 Å². The van der Waals surface area contributed by atoms with Gasteiger partial charge < -0.3 is 10.6 Å². The number of hydrogen-bond acceptors (Lipinski definition) is 3. The average Bonchev–Trinajstić information content (AvgIpc) is 2.65. The molecule has 0 aromatic heterocycles. The number of rotatable bonds is 5. The highest BCUT2D eigenvalue weighted by molar-refractivity contribution is 6.30. The van der Waals surface area contributed by atoms with Crippen LogP contribution in [0.2, 0.25) is 5.02 Å². The topological polar surface area (TPSA) is 75.3 Å². The zero-order valence-electron chi connectivity index (χ0n) is 17.5. The monoisotopic (exact) mass is 418 g/mol. The fourth-order valence-corrected chi connectivity index (χ4v) is 4.97. The van der Waals surface area contributed by atoms with Crippen molar-refractivity contribution in [3.8, 4) is 0 Å². The third kappa shape index (κ3) is 5.59. The van der Waals surface area contributed by atoms with Crippen molar-refractivity contribution in [1.29, 1.82) is 0 Å². The lowest BCUT2D eigenvalue weighted by Gasteiger charge is -2.48. The molecule has 0 bridgehead atoms. The van der Waals surface area contributed by atoms with Crippen LogP contribution in [-0.4, -0.2) is 29.7 Å². The van der Waals surface area contributed by atoms with Crippen molar-refractivity contribution in [2.24, 2.45) is 17.3 Å². The zero-order chi connectivity index (χ0) is 21.2. The molecule has 4 atom stereocenters. The van der Waals surface area contributed by atoms with Gasteiger partial charge in [0.2, 0.25) is 11.8 Å². The SMILES string of the molecule is CC(C)(C)C1CC(=O)NC2CC(NC(=O)CCC(=O)c3ccc(Cl)cc3)CCC21. The molecule has 2 N–H and O–H groups in total. The Bertz CT molecular complexity index is 769. The molecule has 1 aromatic rings. The number of Topliss-reactive ketones (excluding diaryl/α,β-unsaturated/α-hetero) is 1. The van der Waals surface area contributed by atoms with E-state index >= 15 is 0 Å². The third-order valence-electron chi connectivity index (χ3n) is 6.40. The van der Waals surface area contributed by atoms with E-state index in [2.05, 4.69) is 31.4 Å². The van der Waals surface area contributed by atoms with Crippen molar-refractivity contribution in [2.45, 2.75) is 71.4 Å². The van der Waals surface area contributed by atoms with Crippen molar-refractivity contribution < 1.29 is 14.4 Å². The van der Waals surface area contributed by atoms with Gasteiger partial charge in [-0.3, -0.25) is 14.4 Å². The van der Waals surface area contributed by atoms with Crippen LogP contribution in [0.1, 0.15) is 69.7 Å². The molecule has 1 aromatic carbocycles. The van der Waals surface area contributed by atoms with Crippen LogP contribution in [0.3, 0.4) is 0 Å². The second-order valence-corrected chi connectivity index (χ2v) is 9.96. The van der Waals surface area contributed by atoms with Crippen molar-refractivity contribution >= 4 is 29.2 Å². The molecular weight excluding hydrogens is 388 g/mol. The Kier molecular flexibility index (Phi) is 6.67. The standard InChI is InChI=1S/C23H31ClN2O3/c1-23(2,3)18-13-22(29)26-19-12-16(8-9-17(18)19)25-21(28)11-10-20(27)14-4-6-15(24)7-5-14/h4-7,16-19H,8-13H2,1-3H3,(H,25,28)(H,26,29). The number of fused-ring (bicyclic) bond motifs is 1. The third-order valence-corrected chi connectivity index (χ3v) is 6.65. The van der Waals surface area contributed by atoms with Crippen molar-refractivity contribution in [3.05, 3.63) is 34.9 Å². The van der Waals surface area contributed by atoms with Crippen LogP contribution in [-0.2, 0) is 9.59 Å². The van der Waals surface area contributed by atoms with E-state index < -0.39 is 0 Å². The number of piperidine rings is 1. The van der Waals surface area contributed by atoms with Gasteiger partial charge in [0.15, 0.2) is 5.78 Å². The van der Waals surface area contributed by atoms with Crippen LogP contribution in [0.15, 0.2) is 24.3 Å². The summed E-state index contributed by atoms with van der Waals surface area (Å²) in [6, 6.07) is 6.89. The van der Waals surface area contributed by atoms with Gasteiger partial charge >= 0.3 is 0 Å². The molecule has 1 saturated heterocycles. The lowest BCUT2D eigenvalue weighted by molar-refractivity contribution is -0.130. The quantitative estimate of drug-likeness (QED) is 0.705.